The fraction of sp³-hybridized carbons (Fsp3) is 0.455. The molecule has 0 fully saturated rings. The molecule has 0 aliphatic rings. The molecule has 0 aromatic heterocycles. The van der Waals surface area contributed by atoms with Crippen LogP contribution in [0.1, 0.15) is 19.4 Å². The quantitative estimate of drug-likeness (QED) is 0.617. The lowest BCUT2D eigenvalue weighted by Gasteiger charge is -2.18. The molecule has 0 bridgehead atoms. The smallest absolute Gasteiger partial charge is 0.270 e. The maximum atomic E-state index is 10.6. The minimum absolute atomic E-state index is 0.121. The lowest BCUT2D eigenvalue weighted by atomic mass is 10.2. The van der Waals surface area contributed by atoms with Crippen molar-refractivity contribution in [2.45, 2.75) is 20.4 Å². The van der Waals surface area contributed by atoms with E-state index in [4.69, 9.17) is 0 Å². The fourth-order valence-corrected chi connectivity index (χ4v) is 1.96. The number of hydrogen-bond acceptors (Lipinski definition) is 3. The van der Waals surface area contributed by atoms with Crippen molar-refractivity contribution >= 4 is 21.6 Å². The minimum Gasteiger partial charge on any atom is -0.300 e. The summed E-state index contributed by atoms with van der Waals surface area (Å²) < 4.78 is 0.800. The molecule has 16 heavy (non-hydrogen) atoms. The summed E-state index contributed by atoms with van der Waals surface area (Å²) in [6, 6.07) is 4.91. The summed E-state index contributed by atoms with van der Waals surface area (Å²) in [6.07, 6.45) is 0. The maximum absolute atomic E-state index is 10.6. The van der Waals surface area contributed by atoms with Gasteiger partial charge in [0.1, 0.15) is 0 Å². The van der Waals surface area contributed by atoms with E-state index in [9.17, 15) is 10.1 Å². The highest BCUT2D eigenvalue weighted by Gasteiger charge is 2.10. The van der Waals surface area contributed by atoms with Crippen molar-refractivity contribution in [3.05, 3.63) is 38.3 Å². The van der Waals surface area contributed by atoms with Crippen LogP contribution in [0, 0.1) is 10.1 Å². The Morgan fingerprint density at radius 1 is 1.38 bits per heavy atom. The molecule has 88 valence electrons. The second-order valence-corrected chi connectivity index (χ2v) is 4.35. The Morgan fingerprint density at radius 2 is 2.00 bits per heavy atom. The van der Waals surface area contributed by atoms with Crippen LogP contribution in [0.3, 0.4) is 0 Å². The lowest BCUT2D eigenvalue weighted by Crippen LogP contribution is -2.22. The number of nitro groups is 1. The first kappa shape index (κ1) is 13.1. The first-order chi connectivity index (χ1) is 7.58. The molecule has 0 atom stereocenters. The summed E-state index contributed by atoms with van der Waals surface area (Å²) in [5, 5.41) is 10.6. The molecule has 0 radical (unpaired) electrons. The number of hydrogen-bond donors (Lipinski definition) is 0. The largest absolute Gasteiger partial charge is 0.300 e. The first-order valence-electron chi connectivity index (χ1n) is 5.23. The van der Waals surface area contributed by atoms with Crippen LogP contribution in [0.4, 0.5) is 5.69 Å². The van der Waals surface area contributed by atoms with Crippen molar-refractivity contribution in [2.75, 3.05) is 13.1 Å². The van der Waals surface area contributed by atoms with Crippen molar-refractivity contribution < 1.29 is 4.92 Å². The summed E-state index contributed by atoms with van der Waals surface area (Å²) >= 11 is 3.37. The molecule has 0 N–H and O–H groups in total. The molecule has 0 amide bonds. The molecule has 0 saturated heterocycles. The van der Waals surface area contributed by atoms with Gasteiger partial charge >= 0.3 is 0 Å². The van der Waals surface area contributed by atoms with E-state index < -0.39 is 0 Å². The number of non-ortho nitro benzene ring substituents is 1. The van der Waals surface area contributed by atoms with Crippen molar-refractivity contribution in [2.24, 2.45) is 0 Å². The molecule has 0 aliphatic carbocycles. The molecule has 0 unspecified atom stereocenters. The van der Waals surface area contributed by atoms with Gasteiger partial charge in [-0.2, -0.15) is 0 Å². The highest BCUT2D eigenvalue weighted by atomic mass is 79.9. The summed E-state index contributed by atoms with van der Waals surface area (Å²) in [6.45, 7) is 6.96. The predicted molar refractivity (Wildman–Crippen MR) is 67.4 cm³/mol. The first-order valence-corrected chi connectivity index (χ1v) is 6.03. The van der Waals surface area contributed by atoms with Crippen molar-refractivity contribution in [3.8, 4) is 0 Å². The topological polar surface area (TPSA) is 46.4 Å². The Labute approximate surface area is 104 Å². The SMILES string of the molecule is CCN(CC)Cc1ccc([N+](=O)[O-])cc1Br. The molecule has 1 aromatic rings. The Bertz CT molecular complexity index is 378. The molecule has 4 nitrogen and oxygen atoms in total. The van der Waals surface area contributed by atoms with Gasteiger partial charge in [-0.1, -0.05) is 29.8 Å². The van der Waals surface area contributed by atoms with E-state index in [0.717, 1.165) is 29.7 Å². The van der Waals surface area contributed by atoms with E-state index in [-0.39, 0.29) is 10.6 Å². The van der Waals surface area contributed by atoms with E-state index in [1.165, 1.54) is 0 Å². The zero-order valence-electron chi connectivity index (χ0n) is 9.44. The average Bonchev–Trinajstić information content (AvgIpc) is 2.27. The molecule has 0 spiro atoms. The molecule has 5 heteroatoms. The lowest BCUT2D eigenvalue weighted by molar-refractivity contribution is -0.384. The highest BCUT2D eigenvalue weighted by Crippen LogP contribution is 2.24. The second-order valence-electron chi connectivity index (χ2n) is 3.49. The Hall–Kier alpha value is -0.940. The van der Waals surface area contributed by atoms with Gasteiger partial charge in [0, 0.05) is 23.2 Å². The van der Waals surface area contributed by atoms with Gasteiger partial charge in [-0.25, -0.2) is 0 Å². The van der Waals surface area contributed by atoms with Gasteiger partial charge in [0.05, 0.1) is 4.92 Å². The van der Waals surface area contributed by atoms with E-state index in [1.54, 1.807) is 18.2 Å². The highest BCUT2D eigenvalue weighted by molar-refractivity contribution is 9.10. The molecule has 1 aromatic carbocycles. The Kier molecular flexibility index (Phi) is 4.89. The normalized spacial score (nSPS) is 10.8. The summed E-state index contributed by atoms with van der Waals surface area (Å²) in [5.41, 5.74) is 1.20. The van der Waals surface area contributed by atoms with Gasteiger partial charge in [0.25, 0.3) is 5.69 Å². The summed E-state index contributed by atoms with van der Waals surface area (Å²) in [7, 11) is 0. The van der Waals surface area contributed by atoms with Crippen molar-refractivity contribution in [3.63, 3.8) is 0 Å². The van der Waals surface area contributed by atoms with Crippen molar-refractivity contribution in [1.29, 1.82) is 0 Å². The van der Waals surface area contributed by atoms with Crippen LogP contribution in [0.5, 0.6) is 0 Å². The molecular formula is C11H15BrN2O2. The van der Waals surface area contributed by atoms with Crippen LogP contribution in [0.2, 0.25) is 0 Å². The molecule has 0 heterocycles. The van der Waals surface area contributed by atoms with E-state index in [1.807, 2.05) is 0 Å². The van der Waals surface area contributed by atoms with Crippen LogP contribution < -0.4 is 0 Å². The van der Waals surface area contributed by atoms with Crippen LogP contribution in [-0.2, 0) is 6.54 Å². The maximum Gasteiger partial charge on any atom is 0.270 e. The summed E-state index contributed by atoms with van der Waals surface area (Å²) in [4.78, 5) is 12.4. The Morgan fingerprint density at radius 3 is 2.44 bits per heavy atom. The van der Waals surface area contributed by atoms with Gasteiger partial charge in [-0.3, -0.25) is 15.0 Å². The standard InChI is InChI=1S/C11H15BrN2O2/c1-3-13(4-2)8-9-5-6-10(14(15)16)7-11(9)12/h5-7H,3-4,8H2,1-2H3. The van der Waals surface area contributed by atoms with Gasteiger partial charge < -0.3 is 0 Å². The third-order valence-electron chi connectivity index (χ3n) is 2.54. The number of nitro benzene ring substituents is 1. The van der Waals surface area contributed by atoms with Gasteiger partial charge in [0.2, 0.25) is 0 Å². The zero-order chi connectivity index (χ0) is 12.1. The third kappa shape index (κ3) is 3.28. The predicted octanol–water partition coefficient (Wildman–Crippen LogP) is 3.20. The number of benzene rings is 1. The van der Waals surface area contributed by atoms with Crippen LogP contribution in [-0.4, -0.2) is 22.9 Å². The van der Waals surface area contributed by atoms with Crippen molar-refractivity contribution in [1.82, 2.24) is 4.90 Å². The zero-order valence-corrected chi connectivity index (χ0v) is 11.0. The monoisotopic (exact) mass is 286 g/mol. The van der Waals surface area contributed by atoms with Crippen LogP contribution >= 0.6 is 15.9 Å². The van der Waals surface area contributed by atoms with Gasteiger partial charge in [-0.05, 0) is 24.7 Å². The third-order valence-corrected chi connectivity index (χ3v) is 3.27. The second kappa shape index (κ2) is 5.96. The van der Waals surface area contributed by atoms with Crippen LogP contribution in [0.15, 0.2) is 22.7 Å². The molecular weight excluding hydrogens is 272 g/mol. The minimum atomic E-state index is -0.383. The molecule has 0 saturated carbocycles. The van der Waals surface area contributed by atoms with Gasteiger partial charge in [-0.15, -0.1) is 0 Å². The van der Waals surface area contributed by atoms with Crippen LogP contribution in [0.25, 0.3) is 0 Å². The number of nitrogens with zero attached hydrogens (tertiary/aromatic N) is 2. The molecule has 0 aliphatic heterocycles. The Balaban J connectivity index is 2.86. The average molecular weight is 287 g/mol. The summed E-state index contributed by atoms with van der Waals surface area (Å²) in [5.74, 6) is 0. The number of halogens is 1. The molecule has 1 rings (SSSR count). The van der Waals surface area contributed by atoms with E-state index in [2.05, 4.69) is 34.7 Å². The van der Waals surface area contributed by atoms with Gasteiger partial charge in [0.15, 0.2) is 0 Å². The van der Waals surface area contributed by atoms with E-state index in [0.29, 0.717) is 0 Å². The fourth-order valence-electron chi connectivity index (χ4n) is 1.47. The number of rotatable bonds is 5. The van der Waals surface area contributed by atoms with E-state index >= 15 is 0 Å².